The third-order valence-corrected chi connectivity index (χ3v) is 5.41. The highest BCUT2D eigenvalue weighted by Crippen LogP contribution is 2.21. The van der Waals surface area contributed by atoms with Gasteiger partial charge in [0, 0.05) is 30.6 Å². The van der Waals surface area contributed by atoms with Crippen molar-refractivity contribution in [1.29, 1.82) is 0 Å². The summed E-state index contributed by atoms with van der Waals surface area (Å²) < 4.78 is 3.85. The molecule has 5 aromatic rings. The summed E-state index contributed by atoms with van der Waals surface area (Å²) in [6.07, 6.45) is 1.62. The molecular weight excluding hydrogens is 386 g/mol. The minimum absolute atomic E-state index is 0.710. The second kappa shape index (κ2) is 8.18. The number of hydrogen-bond acceptors (Lipinski definition) is 5. The van der Waals surface area contributed by atoms with E-state index in [1.54, 1.807) is 0 Å². The van der Waals surface area contributed by atoms with Gasteiger partial charge in [0.15, 0.2) is 11.5 Å². The Bertz CT molecular complexity index is 1330. The molecule has 0 bridgehead atoms. The SMILES string of the molecule is Cc1cc(C)n(CCc2nc3c4ccccc4nc(NCCc4ccccc4)n3n2)n1. The normalized spacial score (nSPS) is 11.4. The van der Waals surface area contributed by atoms with Gasteiger partial charge < -0.3 is 5.32 Å². The van der Waals surface area contributed by atoms with Crippen molar-refractivity contribution in [3.8, 4) is 0 Å². The number of fused-ring (bicyclic) bond motifs is 3. The van der Waals surface area contributed by atoms with Crippen molar-refractivity contribution >= 4 is 22.5 Å². The van der Waals surface area contributed by atoms with Crippen LogP contribution in [0.15, 0.2) is 60.7 Å². The van der Waals surface area contributed by atoms with Gasteiger partial charge in [-0.05, 0) is 44.0 Å². The Morgan fingerprint density at radius 3 is 2.48 bits per heavy atom. The van der Waals surface area contributed by atoms with Crippen molar-refractivity contribution in [3.63, 3.8) is 0 Å². The van der Waals surface area contributed by atoms with Gasteiger partial charge in [-0.15, -0.1) is 5.10 Å². The number of anilines is 1. The lowest BCUT2D eigenvalue weighted by Crippen LogP contribution is -2.11. The van der Waals surface area contributed by atoms with Crippen LogP contribution in [0.25, 0.3) is 16.6 Å². The Kier molecular flexibility index (Phi) is 5.08. The van der Waals surface area contributed by atoms with Crippen LogP contribution in [0.5, 0.6) is 0 Å². The second-order valence-electron chi connectivity index (χ2n) is 7.78. The lowest BCUT2D eigenvalue weighted by Gasteiger charge is -2.09. The van der Waals surface area contributed by atoms with Gasteiger partial charge in [0.1, 0.15) is 0 Å². The fraction of sp³-hybridized carbons (Fsp3) is 0.250. The maximum Gasteiger partial charge on any atom is 0.226 e. The van der Waals surface area contributed by atoms with Crippen LogP contribution in [0.4, 0.5) is 5.95 Å². The zero-order chi connectivity index (χ0) is 21.2. The topological polar surface area (TPSA) is 72.9 Å². The fourth-order valence-electron chi connectivity index (χ4n) is 3.89. The maximum absolute atomic E-state index is 4.85. The highest BCUT2D eigenvalue weighted by Gasteiger charge is 2.14. The van der Waals surface area contributed by atoms with Crippen LogP contribution in [0.2, 0.25) is 0 Å². The Labute approximate surface area is 180 Å². The van der Waals surface area contributed by atoms with E-state index in [2.05, 4.69) is 47.7 Å². The molecule has 5 rings (SSSR count). The molecule has 3 aromatic heterocycles. The van der Waals surface area contributed by atoms with E-state index in [0.717, 1.165) is 59.2 Å². The molecule has 156 valence electrons. The van der Waals surface area contributed by atoms with Gasteiger partial charge in [-0.25, -0.2) is 9.97 Å². The average molecular weight is 412 g/mol. The molecule has 0 saturated heterocycles. The zero-order valence-electron chi connectivity index (χ0n) is 17.8. The number of nitrogens with zero attached hydrogens (tertiary/aromatic N) is 6. The summed E-state index contributed by atoms with van der Waals surface area (Å²) >= 11 is 0. The second-order valence-corrected chi connectivity index (χ2v) is 7.78. The van der Waals surface area contributed by atoms with Crippen LogP contribution in [0.3, 0.4) is 0 Å². The largest absolute Gasteiger partial charge is 0.354 e. The maximum atomic E-state index is 4.85. The Hall–Kier alpha value is -3.74. The fourth-order valence-corrected chi connectivity index (χ4v) is 3.89. The van der Waals surface area contributed by atoms with Gasteiger partial charge in [-0.3, -0.25) is 4.68 Å². The van der Waals surface area contributed by atoms with Crippen molar-refractivity contribution in [2.75, 3.05) is 11.9 Å². The first-order chi connectivity index (χ1) is 15.2. The molecule has 0 saturated carbocycles. The zero-order valence-corrected chi connectivity index (χ0v) is 17.8. The molecule has 1 N–H and O–H groups in total. The summed E-state index contributed by atoms with van der Waals surface area (Å²) in [6.45, 7) is 5.60. The van der Waals surface area contributed by atoms with Gasteiger partial charge in [-0.1, -0.05) is 42.5 Å². The van der Waals surface area contributed by atoms with Crippen molar-refractivity contribution in [3.05, 3.63) is 83.4 Å². The Morgan fingerprint density at radius 1 is 0.871 bits per heavy atom. The monoisotopic (exact) mass is 411 g/mol. The lowest BCUT2D eigenvalue weighted by atomic mass is 10.1. The first kappa shape index (κ1) is 19.2. The van der Waals surface area contributed by atoms with Gasteiger partial charge in [0.05, 0.1) is 11.2 Å². The summed E-state index contributed by atoms with van der Waals surface area (Å²) in [7, 11) is 0. The number of rotatable bonds is 7. The molecule has 0 aliphatic rings. The lowest BCUT2D eigenvalue weighted by molar-refractivity contribution is 0.581. The minimum Gasteiger partial charge on any atom is -0.354 e. The number of hydrogen-bond donors (Lipinski definition) is 1. The molecule has 0 aliphatic heterocycles. The molecule has 0 unspecified atom stereocenters. The third kappa shape index (κ3) is 3.99. The molecule has 31 heavy (non-hydrogen) atoms. The number of benzene rings is 2. The number of para-hydroxylation sites is 1. The van der Waals surface area contributed by atoms with Crippen molar-refractivity contribution < 1.29 is 0 Å². The van der Waals surface area contributed by atoms with Gasteiger partial charge in [0.2, 0.25) is 5.95 Å². The Morgan fingerprint density at radius 2 is 1.68 bits per heavy atom. The number of nitrogens with one attached hydrogen (secondary N) is 1. The summed E-state index contributed by atoms with van der Waals surface area (Å²) in [5, 5.41) is 13.8. The van der Waals surface area contributed by atoms with E-state index >= 15 is 0 Å². The smallest absolute Gasteiger partial charge is 0.226 e. The van der Waals surface area contributed by atoms with Gasteiger partial charge >= 0.3 is 0 Å². The molecule has 0 spiro atoms. The molecule has 0 aliphatic carbocycles. The quantitative estimate of drug-likeness (QED) is 0.438. The predicted molar refractivity (Wildman–Crippen MR) is 122 cm³/mol. The van der Waals surface area contributed by atoms with E-state index in [9.17, 15) is 0 Å². The van der Waals surface area contributed by atoms with Crippen LogP contribution >= 0.6 is 0 Å². The summed E-state index contributed by atoms with van der Waals surface area (Å²) in [5.41, 5.74) is 5.21. The molecule has 3 heterocycles. The first-order valence-electron chi connectivity index (χ1n) is 10.6. The average Bonchev–Trinajstić information content (AvgIpc) is 3.35. The molecule has 0 radical (unpaired) electrons. The van der Waals surface area contributed by atoms with E-state index in [0.29, 0.717) is 6.42 Å². The minimum atomic E-state index is 0.710. The molecule has 2 aromatic carbocycles. The standard InChI is InChI=1S/C24H25N7/c1-17-16-18(2)30(28-17)15-13-22-27-23-20-10-6-7-11-21(20)26-24(31(23)29-22)25-14-12-19-8-4-3-5-9-19/h3-11,16H,12-15H2,1-2H3,(H,25,26). The van der Waals surface area contributed by atoms with E-state index in [1.807, 2.05) is 46.5 Å². The van der Waals surface area contributed by atoms with E-state index in [-0.39, 0.29) is 0 Å². The highest BCUT2D eigenvalue weighted by atomic mass is 15.4. The Balaban J connectivity index is 1.43. The van der Waals surface area contributed by atoms with Gasteiger partial charge in [-0.2, -0.15) is 9.61 Å². The highest BCUT2D eigenvalue weighted by molar-refractivity contribution is 5.92. The van der Waals surface area contributed by atoms with E-state index < -0.39 is 0 Å². The van der Waals surface area contributed by atoms with Crippen LogP contribution in [0, 0.1) is 13.8 Å². The molecule has 7 heteroatoms. The van der Waals surface area contributed by atoms with Crippen LogP contribution in [-0.2, 0) is 19.4 Å². The van der Waals surface area contributed by atoms with E-state index in [1.165, 1.54) is 5.56 Å². The number of aryl methyl sites for hydroxylation is 4. The van der Waals surface area contributed by atoms with Crippen LogP contribution in [-0.4, -0.2) is 35.9 Å². The summed E-state index contributed by atoms with van der Waals surface area (Å²) in [4.78, 5) is 9.67. The molecule has 0 fully saturated rings. The van der Waals surface area contributed by atoms with Crippen molar-refractivity contribution in [2.24, 2.45) is 0 Å². The summed E-state index contributed by atoms with van der Waals surface area (Å²) in [5.74, 6) is 1.51. The van der Waals surface area contributed by atoms with Crippen molar-refractivity contribution in [1.82, 2.24) is 29.4 Å². The van der Waals surface area contributed by atoms with Crippen LogP contribution < -0.4 is 5.32 Å². The first-order valence-corrected chi connectivity index (χ1v) is 10.6. The van der Waals surface area contributed by atoms with Gasteiger partial charge in [0.25, 0.3) is 0 Å². The predicted octanol–water partition coefficient (Wildman–Crippen LogP) is 3.99. The molecule has 7 nitrogen and oxygen atoms in total. The van der Waals surface area contributed by atoms with E-state index in [4.69, 9.17) is 15.1 Å². The summed E-state index contributed by atoms with van der Waals surface area (Å²) in [6, 6.07) is 20.6. The third-order valence-electron chi connectivity index (χ3n) is 5.41. The molecule has 0 amide bonds. The molecule has 0 atom stereocenters. The molecular formula is C24H25N7. The number of aromatic nitrogens is 6. The van der Waals surface area contributed by atoms with Crippen molar-refractivity contribution in [2.45, 2.75) is 33.2 Å². The van der Waals surface area contributed by atoms with Crippen LogP contribution in [0.1, 0.15) is 22.8 Å².